The normalized spacial score (nSPS) is 32.2. The lowest BCUT2D eigenvalue weighted by atomic mass is 9.85. The molecule has 16 nitrogen and oxygen atoms in total. The molecule has 2 fully saturated rings. The fourth-order valence-corrected chi connectivity index (χ4v) is 5.41. The van der Waals surface area contributed by atoms with Crippen molar-refractivity contribution in [2.24, 2.45) is 11.8 Å². The van der Waals surface area contributed by atoms with Gasteiger partial charge in [-0.1, -0.05) is 26.0 Å². The predicted octanol–water partition coefficient (Wildman–Crippen LogP) is -1.000. The van der Waals surface area contributed by atoms with Gasteiger partial charge < -0.3 is 69.6 Å². The van der Waals surface area contributed by atoms with Gasteiger partial charge in [-0.15, -0.1) is 0 Å². The first-order chi connectivity index (χ1) is 22.1. The van der Waals surface area contributed by atoms with Crippen molar-refractivity contribution in [3.63, 3.8) is 0 Å². The quantitative estimate of drug-likeness (QED) is 0.131. The second-order valence-electron chi connectivity index (χ2n) is 11.9. The molecule has 2 aromatic rings. The number of hydrogen-bond donors (Lipinski definition) is 9. The predicted molar refractivity (Wildman–Crippen MR) is 157 cm³/mol. The summed E-state index contributed by atoms with van der Waals surface area (Å²) in [4.78, 5) is 23.2. The Labute approximate surface area is 268 Å². The van der Waals surface area contributed by atoms with E-state index < -0.39 is 73.4 Å². The summed E-state index contributed by atoms with van der Waals surface area (Å²) in [6, 6.07) is 9.53. The topological polar surface area (TPSA) is 262 Å². The maximum atomic E-state index is 11.6. The molecule has 2 saturated heterocycles. The summed E-state index contributed by atoms with van der Waals surface area (Å²) in [6.45, 7) is 4.03. The van der Waals surface area contributed by atoms with E-state index in [1.807, 2.05) is 13.8 Å². The fraction of sp³-hybridized carbons (Fsp3) is 0.548. The molecule has 0 saturated carbocycles. The summed E-state index contributed by atoms with van der Waals surface area (Å²) in [6.07, 6.45) is -18.3. The van der Waals surface area contributed by atoms with Crippen molar-refractivity contribution in [2.45, 2.75) is 88.1 Å². The van der Waals surface area contributed by atoms with Crippen molar-refractivity contribution >= 4 is 11.9 Å². The van der Waals surface area contributed by atoms with Gasteiger partial charge in [0.1, 0.15) is 36.6 Å². The Balaban J connectivity index is 1.61. The Morgan fingerprint density at radius 2 is 1.09 bits per heavy atom. The number of methoxy groups -OCH3 is 1. The molecule has 2 aliphatic rings. The third-order valence-corrected chi connectivity index (χ3v) is 8.45. The standard InChI is InChI=1S/C31H40O16/c1-12(8-14-4-6-16(32)18(10-14)43-3)13(2)9-15-5-7-17(44-30-24(37)20(33)22(35)26(46-30)28(39)40)19(11-15)45-31-25(38)21(34)23(36)27(47-31)29(41)42/h4-7,10-13,20-27,30-38H,8-9H2,1-3H3,(H,39,40)(H,41,42)/t12-,13+,20+,21-,22+,23-,24-,25+,26+,27-,30-,31+/m0/s1. The number of aliphatic hydroxyl groups is 6. The molecular formula is C31H40O16. The number of phenols is 1. The zero-order valence-electron chi connectivity index (χ0n) is 25.7. The lowest BCUT2D eigenvalue weighted by molar-refractivity contribution is -0.276. The summed E-state index contributed by atoms with van der Waals surface area (Å²) < 4.78 is 27.1. The van der Waals surface area contributed by atoms with Crippen LogP contribution in [0.1, 0.15) is 25.0 Å². The van der Waals surface area contributed by atoms with Gasteiger partial charge in [-0.2, -0.15) is 0 Å². The van der Waals surface area contributed by atoms with Crippen LogP contribution in [0.15, 0.2) is 36.4 Å². The van der Waals surface area contributed by atoms with E-state index in [9.17, 15) is 55.5 Å². The number of benzene rings is 2. The molecule has 0 bridgehead atoms. The van der Waals surface area contributed by atoms with E-state index in [1.165, 1.54) is 19.2 Å². The van der Waals surface area contributed by atoms with Crippen molar-refractivity contribution < 1.29 is 79.2 Å². The van der Waals surface area contributed by atoms with E-state index in [-0.39, 0.29) is 29.1 Å². The maximum Gasteiger partial charge on any atom is 0.335 e. The van der Waals surface area contributed by atoms with Crippen LogP contribution in [0.2, 0.25) is 0 Å². The molecule has 12 atom stereocenters. The number of rotatable bonds is 12. The number of hydrogen-bond acceptors (Lipinski definition) is 14. The zero-order valence-corrected chi connectivity index (χ0v) is 25.7. The van der Waals surface area contributed by atoms with Crippen LogP contribution in [0.5, 0.6) is 23.0 Å². The highest BCUT2D eigenvalue weighted by molar-refractivity contribution is 5.74. The molecule has 16 heteroatoms. The average Bonchev–Trinajstić information content (AvgIpc) is 3.02. The third kappa shape index (κ3) is 8.05. The van der Waals surface area contributed by atoms with Gasteiger partial charge in [0.25, 0.3) is 0 Å². The smallest absolute Gasteiger partial charge is 0.335 e. The minimum Gasteiger partial charge on any atom is -0.504 e. The van der Waals surface area contributed by atoms with Crippen molar-refractivity contribution in [1.82, 2.24) is 0 Å². The SMILES string of the molecule is COc1cc(C[C@H](C)[C@H](C)Cc2ccc(O[C@H]3O[C@@H](C(=O)O)[C@H](O)[C@@H](O)[C@@H]3O)c(O[C@@H]3O[C@H](C(=O)O)[C@@H](O)[C@H](O)[C@H]3O)c2)ccc1O. The molecule has 0 amide bonds. The molecule has 0 aromatic heterocycles. The first kappa shape index (κ1) is 36.1. The third-order valence-electron chi connectivity index (χ3n) is 8.45. The Hall–Kier alpha value is -3.74. The van der Waals surface area contributed by atoms with Crippen molar-refractivity contribution in [2.75, 3.05) is 7.11 Å². The van der Waals surface area contributed by atoms with Crippen LogP contribution in [0.25, 0.3) is 0 Å². The van der Waals surface area contributed by atoms with E-state index in [0.717, 1.165) is 5.56 Å². The summed E-state index contributed by atoms with van der Waals surface area (Å²) in [5.41, 5.74) is 1.58. The van der Waals surface area contributed by atoms with E-state index in [2.05, 4.69) is 0 Å². The molecule has 2 aliphatic heterocycles. The number of phenolic OH excluding ortho intramolecular Hbond substituents is 1. The number of aromatic hydroxyl groups is 1. The van der Waals surface area contributed by atoms with Crippen LogP contribution >= 0.6 is 0 Å². The van der Waals surface area contributed by atoms with Crippen LogP contribution in [0, 0.1) is 11.8 Å². The molecule has 0 radical (unpaired) electrons. The van der Waals surface area contributed by atoms with Gasteiger partial charge in [0, 0.05) is 0 Å². The lowest BCUT2D eigenvalue weighted by Crippen LogP contribution is -2.61. The first-order valence-electron chi connectivity index (χ1n) is 14.8. The highest BCUT2D eigenvalue weighted by atomic mass is 16.7. The molecule has 4 rings (SSSR count). The van der Waals surface area contributed by atoms with Crippen molar-refractivity contribution in [3.8, 4) is 23.0 Å². The first-order valence-corrected chi connectivity index (χ1v) is 14.8. The second kappa shape index (κ2) is 15.0. The van der Waals surface area contributed by atoms with E-state index in [4.69, 9.17) is 23.7 Å². The Bertz CT molecular complexity index is 1400. The number of carboxylic acids is 2. The van der Waals surface area contributed by atoms with Gasteiger partial charge >= 0.3 is 11.9 Å². The van der Waals surface area contributed by atoms with E-state index >= 15 is 0 Å². The van der Waals surface area contributed by atoms with Crippen LogP contribution in [0.4, 0.5) is 0 Å². The lowest BCUT2D eigenvalue weighted by Gasteiger charge is -2.40. The van der Waals surface area contributed by atoms with Crippen LogP contribution in [-0.2, 0) is 31.9 Å². The average molecular weight is 669 g/mol. The summed E-state index contributed by atoms with van der Waals surface area (Å²) in [5, 5.41) is 90.4. The Kier molecular flexibility index (Phi) is 11.5. The van der Waals surface area contributed by atoms with Crippen LogP contribution in [-0.4, -0.2) is 126 Å². The van der Waals surface area contributed by atoms with E-state index in [1.54, 1.807) is 24.3 Å². The van der Waals surface area contributed by atoms with Gasteiger partial charge in [0.15, 0.2) is 35.2 Å². The summed E-state index contributed by atoms with van der Waals surface area (Å²) in [7, 11) is 1.46. The number of carbonyl (C=O) groups is 2. The van der Waals surface area contributed by atoms with Gasteiger partial charge in [0.05, 0.1) is 7.11 Å². The number of aliphatic carboxylic acids is 2. The van der Waals surface area contributed by atoms with Gasteiger partial charge in [-0.3, -0.25) is 0 Å². The monoisotopic (exact) mass is 668 g/mol. The molecule has 2 heterocycles. The molecule has 260 valence electrons. The van der Waals surface area contributed by atoms with Crippen LogP contribution in [0.3, 0.4) is 0 Å². The maximum absolute atomic E-state index is 11.6. The summed E-state index contributed by atoms with van der Waals surface area (Å²) >= 11 is 0. The number of ether oxygens (including phenoxy) is 5. The minimum atomic E-state index is -1.98. The highest BCUT2D eigenvalue weighted by Crippen LogP contribution is 2.36. The minimum absolute atomic E-state index is 0.0193. The molecule has 9 N–H and O–H groups in total. The van der Waals surface area contributed by atoms with Crippen molar-refractivity contribution in [1.29, 1.82) is 0 Å². The molecule has 0 spiro atoms. The molecule has 2 aromatic carbocycles. The summed E-state index contributed by atoms with van der Waals surface area (Å²) in [5.74, 6) is -3.21. The molecule has 47 heavy (non-hydrogen) atoms. The number of aliphatic hydroxyl groups excluding tert-OH is 6. The Morgan fingerprint density at radius 1 is 0.660 bits per heavy atom. The van der Waals surface area contributed by atoms with Gasteiger partial charge in [-0.25, -0.2) is 9.59 Å². The van der Waals surface area contributed by atoms with Crippen molar-refractivity contribution in [3.05, 3.63) is 47.5 Å². The number of carboxylic acid groups (broad SMARTS) is 2. The molecule has 0 aliphatic carbocycles. The zero-order chi connectivity index (χ0) is 34.7. The van der Waals surface area contributed by atoms with Gasteiger partial charge in [0.2, 0.25) is 12.6 Å². The largest absolute Gasteiger partial charge is 0.504 e. The van der Waals surface area contributed by atoms with Gasteiger partial charge in [-0.05, 0) is 60.1 Å². The molecule has 0 unspecified atom stereocenters. The fourth-order valence-electron chi connectivity index (χ4n) is 5.41. The highest BCUT2D eigenvalue weighted by Gasteiger charge is 2.50. The second-order valence-corrected chi connectivity index (χ2v) is 11.9. The van der Waals surface area contributed by atoms with E-state index in [0.29, 0.717) is 24.2 Å². The Morgan fingerprint density at radius 3 is 1.53 bits per heavy atom. The van der Waals surface area contributed by atoms with Crippen LogP contribution < -0.4 is 14.2 Å². The molecular weight excluding hydrogens is 628 g/mol.